The van der Waals surface area contributed by atoms with E-state index in [1.807, 2.05) is 0 Å². The molecule has 0 bridgehead atoms. The summed E-state index contributed by atoms with van der Waals surface area (Å²) in [5.41, 5.74) is 1.68. The molecule has 1 unspecified atom stereocenters. The first kappa shape index (κ1) is 17.0. The summed E-state index contributed by atoms with van der Waals surface area (Å²) in [5, 5.41) is 2.84. The fourth-order valence-corrected chi connectivity index (χ4v) is 2.99. The third-order valence-electron chi connectivity index (χ3n) is 4.50. The predicted molar refractivity (Wildman–Crippen MR) is 97.0 cm³/mol. The number of fused-ring (bicyclic) bond motifs is 1. The van der Waals surface area contributed by atoms with Crippen molar-refractivity contribution in [3.05, 3.63) is 48.3 Å². The normalized spacial score (nSPS) is 16.6. The van der Waals surface area contributed by atoms with Crippen LogP contribution in [0.1, 0.15) is 18.4 Å². The SMILES string of the molecule is Cc1oc(-c2ccco2)nc1CC(=O)N1CC(C)C(=O)Nc2ccncc21. The van der Waals surface area contributed by atoms with Crippen LogP contribution in [0.15, 0.2) is 45.7 Å². The molecule has 4 heterocycles. The van der Waals surface area contributed by atoms with Crippen molar-refractivity contribution in [3.63, 3.8) is 0 Å². The number of nitrogens with one attached hydrogen (secondary N) is 1. The van der Waals surface area contributed by atoms with Crippen molar-refractivity contribution in [2.45, 2.75) is 20.3 Å². The topological polar surface area (TPSA) is 101 Å². The number of furan rings is 1. The van der Waals surface area contributed by atoms with Gasteiger partial charge in [0.05, 0.1) is 41.9 Å². The molecule has 0 saturated heterocycles. The van der Waals surface area contributed by atoms with Crippen molar-refractivity contribution in [1.29, 1.82) is 0 Å². The Bertz CT molecular complexity index is 993. The van der Waals surface area contributed by atoms with E-state index in [-0.39, 0.29) is 30.7 Å². The molecular formula is C19H18N4O4. The largest absolute Gasteiger partial charge is 0.459 e. The van der Waals surface area contributed by atoms with Gasteiger partial charge < -0.3 is 19.1 Å². The van der Waals surface area contributed by atoms with E-state index in [1.165, 1.54) is 6.26 Å². The predicted octanol–water partition coefficient (Wildman–Crippen LogP) is 2.80. The van der Waals surface area contributed by atoms with Crippen molar-refractivity contribution in [3.8, 4) is 11.7 Å². The Balaban J connectivity index is 1.62. The summed E-state index contributed by atoms with van der Waals surface area (Å²) in [4.78, 5) is 35.3. The number of carbonyl (C=O) groups excluding carboxylic acids is 2. The second-order valence-corrected chi connectivity index (χ2v) is 6.46. The number of aryl methyl sites for hydroxylation is 1. The van der Waals surface area contributed by atoms with Gasteiger partial charge >= 0.3 is 0 Å². The zero-order valence-electron chi connectivity index (χ0n) is 14.9. The minimum Gasteiger partial charge on any atom is -0.459 e. The van der Waals surface area contributed by atoms with Crippen LogP contribution in [0.3, 0.4) is 0 Å². The van der Waals surface area contributed by atoms with Crippen LogP contribution in [0.25, 0.3) is 11.7 Å². The smallest absolute Gasteiger partial charge is 0.263 e. The molecule has 8 nitrogen and oxygen atoms in total. The third kappa shape index (κ3) is 3.21. The first-order chi connectivity index (χ1) is 13.0. The van der Waals surface area contributed by atoms with Gasteiger partial charge in [-0.1, -0.05) is 6.92 Å². The van der Waals surface area contributed by atoms with Crippen molar-refractivity contribution in [2.24, 2.45) is 5.92 Å². The summed E-state index contributed by atoms with van der Waals surface area (Å²) in [6, 6.07) is 5.17. The fraction of sp³-hybridized carbons (Fsp3) is 0.263. The second kappa shape index (κ2) is 6.71. The lowest BCUT2D eigenvalue weighted by atomic mass is 10.1. The molecule has 8 heteroatoms. The van der Waals surface area contributed by atoms with Crippen LogP contribution in [-0.4, -0.2) is 28.3 Å². The summed E-state index contributed by atoms with van der Waals surface area (Å²) in [7, 11) is 0. The summed E-state index contributed by atoms with van der Waals surface area (Å²) >= 11 is 0. The first-order valence-corrected chi connectivity index (χ1v) is 8.58. The third-order valence-corrected chi connectivity index (χ3v) is 4.50. The number of oxazole rings is 1. The number of aromatic nitrogens is 2. The number of anilines is 2. The first-order valence-electron chi connectivity index (χ1n) is 8.58. The van der Waals surface area contributed by atoms with Crippen LogP contribution in [0.5, 0.6) is 0 Å². The minimum atomic E-state index is -0.349. The maximum Gasteiger partial charge on any atom is 0.263 e. The van der Waals surface area contributed by atoms with Crippen molar-refractivity contribution < 1.29 is 18.4 Å². The van der Waals surface area contributed by atoms with Gasteiger partial charge in [0.1, 0.15) is 5.76 Å². The molecule has 1 aliphatic rings. The van der Waals surface area contributed by atoms with E-state index < -0.39 is 0 Å². The molecule has 3 aromatic rings. The lowest BCUT2D eigenvalue weighted by Gasteiger charge is -2.22. The van der Waals surface area contributed by atoms with Gasteiger partial charge in [-0.15, -0.1) is 0 Å². The molecule has 2 amide bonds. The van der Waals surface area contributed by atoms with Crippen molar-refractivity contribution in [2.75, 3.05) is 16.8 Å². The number of nitrogens with zero attached hydrogens (tertiary/aromatic N) is 3. The molecule has 0 spiro atoms. The highest BCUT2D eigenvalue weighted by molar-refractivity contribution is 6.04. The van der Waals surface area contributed by atoms with E-state index in [0.717, 1.165) is 0 Å². The zero-order valence-corrected chi connectivity index (χ0v) is 14.9. The van der Waals surface area contributed by atoms with Crippen molar-refractivity contribution >= 4 is 23.2 Å². The lowest BCUT2D eigenvalue weighted by molar-refractivity contribution is -0.119. The molecule has 27 heavy (non-hydrogen) atoms. The number of pyridine rings is 1. The van der Waals surface area contributed by atoms with E-state index in [1.54, 1.807) is 49.3 Å². The van der Waals surface area contributed by atoms with Crippen LogP contribution in [0, 0.1) is 12.8 Å². The van der Waals surface area contributed by atoms with Crippen LogP contribution >= 0.6 is 0 Å². The van der Waals surface area contributed by atoms with Gasteiger partial charge in [-0.25, -0.2) is 4.98 Å². The molecule has 1 N–H and O–H groups in total. The molecule has 3 aromatic heterocycles. The molecule has 0 saturated carbocycles. The number of rotatable bonds is 3. The molecule has 1 aliphatic heterocycles. The van der Waals surface area contributed by atoms with Gasteiger partial charge in [0.15, 0.2) is 5.76 Å². The monoisotopic (exact) mass is 366 g/mol. The van der Waals surface area contributed by atoms with Crippen molar-refractivity contribution in [1.82, 2.24) is 9.97 Å². The van der Waals surface area contributed by atoms with E-state index in [4.69, 9.17) is 8.83 Å². The van der Waals surface area contributed by atoms with Gasteiger partial charge in [-0.2, -0.15) is 0 Å². The van der Waals surface area contributed by atoms with E-state index in [0.29, 0.717) is 34.5 Å². The van der Waals surface area contributed by atoms with E-state index in [9.17, 15) is 9.59 Å². The number of carbonyl (C=O) groups is 2. The average molecular weight is 366 g/mol. The van der Waals surface area contributed by atoms with E-state index >= 15 is 0 Å². The van der Waals surface area contributed by atoms with Gasteiger partial charge in [-0.05, 0) is 25.1 Å². The highest BCUT2D eigenvalue weighted by Crippen LogP contribution is 2.30. The minimum absolute atomic E-state index is 0.0469. The van der Waals surface area contributed by atoms with Gasteiger partial charge in [0.25, 0.3) is 5.89 Å². The Morgan fingerprint density at radius 3 is 3.04 bits per heavy atom. The molecule has 138 valence electrons. The number of amides is 2. The molecule has 0 aliphatic carbocycles. The molecule has 1 atom stereocenters. The molecular weight excluding hydrogens is 348 g/mol. The van der Waals surface area contributed by atoms with Gasteiger partial charge in [0, 0.05) is 12.7 Å². The standard InChI is InChI=1S/C19H18N4O4/c1-11-10-23(15-9-20-6-5-13(15)21-18(11)25)17(24)8-14-12(2)27-19(22-14)16-4-3-7-26-16/h3-7,9,11H,8,10H2,1-2H3,(H,21,25). The highest BCUT2D eigenvalue weighted by Gasteiger charge is 2.29. The summed E-state index contributed by atoms with van der Waals surface area (Å²) in [6.07, 6.45) is 4.74. The molecule has 0 aromatic carbocycles. The van der Waals surface area contributed by atoms with Crippen LogP contribution in [0.2, 0.25) is 0 Å². The Kier molecular flexibility index (Phi) is 4.23. The van der Waals surface area contributed by atoms with Gasteiger partial charge in [-0.3, -0.25) is 14.6 Å². The second-order valence-electron chi connectivity index (χ2n) is 6.46. The maximum atomic E-state index is 13.0. The van der Waals surface area contributed by atoms with Crippen LogP contribution in [0.4, 0.5) is 11.4 Å². The summed E-state index contributed by atoms with van der Waals surface area (Å²) < 4.78 is 10.9. The zero-order chi connectivity index (χ0) is 19.0. The number of hydrogen-bond donors (Lipinski definition) is 1. The fourth-order valence-electron chi connectivity index (χ4n) is 2.99. The highest BCUT2D eigenvalue weighted by atomic mass is 16.4. The average Bonchev–Trinajstić information content (AvgIpc) is 3.27. The molecule has 0 radical (unpaired) electrons. The molecule has 4 rings (SSSR count). The van der Waals surface area contributed by atoms with Crippen LogP contribution in [-0.2, 0) is 16.0 Å². The molecule has 0 fully saturated rings. The summed E-state index contributed by atoms with van der Waals surface area (Å²) in [6.45, 7) is 3.81. The van der Waals surface area contributed by atoms with Gasteiger partial charge in [0.2, 0.25) is 11.8 Å². The summed E-state index contributed by atoms with van der Waals surface area (Å²) in [5.74, 6) is 0.732. The quantitative estimate of drug-likeness (QED) is 0.765. The Hall–Kier alpha value is -3.42. The number of hydrogen-bond acceptors (Lipinski definition) is 6. The Labute approximate surface area is 155 Å². The Morgan fingerprint density at radius 2 is 2.26 bits per heavy atom. The lowest BCUT2D eigenvalue weighted by Crippen LogP contribution is -2.37. The van der Waals surface area contributed by atoms with Crippen LogP contribution < -0.4 is 10.2 Å². The maximum absolute atomic E-state index is 13.0. The van der Waals surface area contributed by atoms with E-state index in [2.05, 4.69) is 15.3 Å². The Morgan fingerprint density at radius 1 is 1.41 bits per heavy atom.